The van der Waals surface area contributed by atoms with E-state index in [2.05, 4.69) is 4.72 Å². The Balaban J connectivity index is 2.27. The fourth-order valence-corrected chi connectivity index (χ4v) is 3.39. The van der Waals surface area contributed by atoms with E-state index in [4.69, 9.17) is 0 Å². The Bertz CT molecular complexity index is 596. The van der Waals surface area contributed by atoms with Crippen molar-refractivity contribution in [3.63, 3.8) is 0 Å². The summed E-state index contributed by atoms with van der Waals surface area (Å²) < 4.78 is 26.0. The van der Waals surface area contributed by atoms with Crippen molar-refractivity contribution in [3.05, 3.63) is 23.8 Å². The zero-order valence-corrected chi connectivity index (χ0v) is 12.0. The fourth-order valence-electron chi connectivity index (χ4n) is 2.27. The Morgan fingerprint density at radius 2 is 2.16 bits per heavy atom. The molecule has 0 saturated heterocycles. The fraction of sp³-hybridized carbons (Fsp3) is 0.462. The number of carbonyl (C=O) groups excluding carboxylic acids is 1. The Morgan fingerprint density at radius 3 is 2.79 bits per heavy atom. The zero-order valence-electron chi connectivity index (χ0n) is 11.1. The number of rotatable bonds is 4. The summed E-state index contributed by atoms with van der Waals surface area (Å²) in [6, 6.07) is 5.36. The van der Waals surface area contributed by atoms with E-state index in [9.17, 15) is 13.2 Å². The molecule has 5 nitrogen and oxygen atoms in total. The van der Waals surface area contributed by atoms with Gasteiger partial charge in [0.15, 0.2) is 0 Å². The molecule has 1 heterocycles. The third-order valence-corrected chi connectivity index (χ3v) is 4.60. The first-order valence-electron chi connectivity index (χ1n) is 6.34. The van der Waals surface area contributed by atoms with Crippen LogP contribution in [0.15, 0.2) is 18.2 Å². The van der Waals surface area contributed by atoms with Crippen molar-refractivity contribution in [2.24, 2.45) is 0 Å². The van der Waals surface area contributed by atoms with E-state index in [1.807, 2.05) is 13.0 Å². The standard InChI is InChI=1S/C13H18N2O3S/c1-3-8-19(17,18)14-12-5-4-11-6-7-15(10(2)16)13(11)9-12/h4-5,9,14H,3,6-8H2,1-2H3. The molecule has 0 bridgehead atoms. The second kappa shape index (κ2) is 5.21. The third kappa shape index (κ3) is 3.07. The molecule has 1 N–H and O–H groups in total. The SMILES string of the molecule is CCCS(=O)(=O)Nc1ccc2c(c1)N(C(C)=O)CC2. The molecule has 0 atom stereocenters. The van der Waals surface area contributed by atoms with E-state index in [1.54, 1.807) is 17.0 Å². The number of benzene rings is 1. The highest BCUT2D eigenvalue weighted by Gasteiger charge is 2.22. The molecule has 1 aromatic carbocycles. The average Bonchev–Trinajstić information content (AvgIpc) is 2.71. The second-order valence-corrected chi connectivity index (χ2v) is 6.53. The first-order chi connectivity index (χ1) is 8.93. The van der Waals surface area contributed by atoms with Gasteiger partial charge in [-0.1, -0.05) is 13.0 Å². The minimum atomic E-state index is -3.29. The highest BCUT2D eigenvalue weighted by molar-refractivity contribution is 7.92. The molecular formula is C13H18N2O3S. The van der Waals surface area contributed by atoms with Gasteiger partial charge in [-0.2, -0.15) is 0 Å². The lowest BCUT2D eigenvalue weighted by Crippen LogP contribution is -2.25. The molecule has 1 aliphatic rings. The summed E-state index contributed by atoms with van der Waals surface area (Å²) in [4.78, 5) is 13.2. The Hall–Kier alpha value is -1.56. The van der Waals surface area contributed by atoms with Gasteiger partial charge in [0.05, 0.1) is 11.4 Å². The first kappa shape index (κ1) is 13.9. The van der Waals surface area contributed by atoms with Crippen LogP contribution in [-0.2, 0) is 21.2 Å². The monoisotopic (exact) mass is 282 g/mol. The van der Waals surface area contributed by atoms with E-state index in [0.29, 0.717) is 18.7 Å². The zero-order chi connectivity index (χ0) is 14.0. The molecule has 6 heteroatoms. The number of sulfonamides is 1. The van der Waals surface area contributed by atoms with Crippen LogP contribution in [0.4, 0.5) is 11.4 Å². The van der Waals surface area contributed by atoms with Crippen molar-refractivity contribution in [3.8, 4) is 0 Å². The lowest BCUT2D eigenvalue weighted by Gasteiger charge is -2.16. The molecule has 0 fully saturated rings. The smallest absolute Gasteiger partial charge is 0.232 e. The van der Waals surface area contributed by atoms with Crippen LogP contribution in [-0.4, -0.2) is 26.6 Å². The minimum Gasteiger partial charge on any atom is -0.312 e. The number of amides is 1. The summed E-state index contributed by atoms with van der Waals surface area (Å²) in [5.74, 6) is 0.0767. The number of nitrogens with one attached hydrogen (secondary N) is 1. The van der Waals surface area contributed by atoms with Crippen molar-refractivity contribution in [1.82, 2.24) is 0 Å². The van der Waals surface area contributed by atoms with Crippen molar-refractivity contribution < 1.29 is 13.2 Å². The maximum atomic E-state index is 11.7. The molecule has 1 aromatic rings. The molecule has 0 spiro atoms. The van der Waals surface area contributed by atoms with Crippen LogP contribution in [0.3, 0.4) is 0 Å². The van der Waals surface area contributed by atoms with Gasteiger partial charge in [-0.3, -0.25) is 9.52 Å². The largest absolute Gasteiger partial charge is 0.312 e. The predicted molar refractivity (Wildman–Crippen MR) is 75.9 cm³/mol. The molecular weight excluding hydrogens is 264 g/mol. The molecule has 2 rings (SSSR count). The van der Waals surface area contributed by atoms with Gasteiger partial charge in [0, 0.05) is 19.2 Å². The van der Waals surface area contributed by atoms with Crippen LogP contribution in [0, 0.1) is 0 Å². The molecule has 104 valence electrons. The summed E-state index contributed by atoms with van der Waals surface area (Å²) in [5, 5.41) is 0. The quantitative estimate of drug-likeness (QED) is 0.915. The Kier molecular flexibility index (Phi) is 3.80. The normalized spacial score (nSPS) is 14.3. The van der Waals surface area contributed by atoms with Gasteiger partial charge in [-0.05, 0) is 30.5 Å². The van der Waals surface area contributed by atoms with Gasteiger partial charge in [-0.25, -0.2) is 8.42 Å². The highest BCUT2D eigenvalue weighted by Crippen LogP contribution is 2.31. The Labute approximate surface area is 113 Å². The molecule has 0 saturated carbocycles. The summed E-state index contributed by atoms with van der Waals surface area (Å²) >= 11 is 0. The van der Waals surface area contributed by atoms with Crippen LogP contribution in [0.1, 0.15) is 25.8 Å². The summed E-state index contributed by atoms with van der Waals surface area (Å²) in [7, 11) is -3.29. The summed E-state index contributed by atoms with van der Waals surface area (Å²) in [6.45, 7) is 4.00. The van der Waals surface area contributed by atoms with Crippen LogP contribution in [0.5, 0.6) is 0 Å². The molecule has 0 unspecified atom stereocenters. The number of carbonyl (C=O) groups is 1. The average molecular weight is 282 g/mol. The number of fused-ring (bicyclic) bond motifs is 1. The van der Waals surface area contributed by atoms with E-state index >= 15 is 0 Å². The van der Waals surface area contributed by atoms with Crippen LogP contribution in [0.2, 0.25) is 0 Å². The van der Waals surface area contributed by atoms with Gasteiger partial charge in [0.1, 0.15) is 0 Å². The summed E-state index contributed by atoms with van der Waals surface area (Å²) in [6.07, 6.45) is 1.39. The number of anilines is 2. The van der Waals surface area contributed by atoms with Crippen molar-refractivity contribution >= 4 is 27.3 Å². The van der Waals surface area contributed by atoms with E-state index < -0.39 is 10.0 Å². The molecule has 0 radical (unpaired) electrons. The van der Waals surface area contributed by atoms with Crippen molar-refractivity contribution in [1.29, 1.82) is 0 Å². The lowest BCUT2D eigenvalue weighted by atomic mass is 10.1. The molecule has 0 aromatic heterocycles. The van der Waals surface area contributed by atoms with Gasteiger partial charge in [-0.15, -0.1) is 0 Å². The summed E-state index contributed by atoms with van der Waals surface area (Å²) in [5.41, 5.74) is 2.40. The van der Waals surface area contributed by atoms with Crippen molar-refractivity contribution in [2.45, 2.75) is 26.7 Å². The number of hydrogen-bond acceptors (Lipinski definition) is 3. The second-order valence-electron chi connectivity index (χ2n) is 4.69. The van der Waals surface area contributed by atoms with E-state index in [0.717, 1.165) is 17.7 Å². The topological polar surface area (TPSA) is 66.5 Å². The maximum Gasteiger partial charge on any atom is 0.232 e. The van der Waals surface area contributed by atoms with Crippen LogP contribution < -0.4 is 9.62 Å². The predicted octanol–water partition coefficient (Wildman–Crippen LogP) is 1.75. The third-order valence-electron chi connectivity index (χ3n) is 3.11. The van der Waals surface area contributed by atoms with Crippen LogP contribution in [0.25, 0.3) is 0 Å². The van der Waals surface area contributed by atoms with Gasteiger partial charge < -0.3 is 4.90 Å². The lowest BCUT2D eigenvalue weighted by molar-refractivity contribution is -0.116. The Morgan fingerprint density at radius 1 is 1.42 bits per heavy atom. The number of hydrogen-bond donors (Lipinski definition) is 1. The molecule has 1 aliphatic heterocycles. The van der Waals surface area contributed by atoms with Crippen molar-refractivity contribution in [2.75, 3.05) is 21.9 Å². The highest BCUT2D eigenvalue weighted by atomic mass is 32.2. The van der Waals surface area contributed by atoms with Gasteiger partial charge in [0.25, 0.3) is 0 Å². The van der Waals surface area contributed by atoms with Gasteiger partial charge in [0.2, 0.25) is 15.9 Å². The molecule has 1 amide bonds. The molecule has 19 heavy (non-hydrogen) atoms. The maximum absolute atomic E-state index is 11.7. The molecule has 0 aliphatic carbocycles. The minimum absolute atomic E-state index is 0.0210. The van der Waals surface area contributed by atoms with E-state index in [-0.39, 0.29) is 11.7 Å². The number of nitrogens with zero attached hydrogens (tertiary/aromatic N) is 1. The first-order valence-corrected chi connectivity index (χ1v) is 7.99. The van der Waals surface area contributed by atoms with Crippen LogP contribution >= 0.6 is 0 Å². The van der Waals surface area contributed by atoms with E-state index in [1.165, 1.54) is 6.92 Å². The van der Waals surface area contributed by atoms with Gasteiger partial charge >= 0.3 is 0 Å².